The minimum Gasteiger partial charge on any atom is -0.395 e. The number of likely N-dealkylation sites (N-methyl/N-ethyl adjacent to an activating group) is 1. The van der Waals surface area contributed by atoms with E-state index >= 15 is 0 Å². The van der Waals surface area contributed by atoms with Crippen LogP contribution in [0.25, 0.3) is 0 Å². The Kier molecular flexibility index (Phi) is 7.87. The van der Waals surface area contributed by atoms with Crippen LogP contribution < -0.4 is 0 Å². The first-order chi connectivity index (χ1) is 8.70. The molecule has 3 atom stereocenters. The summed E-state index contributed by atoms with van der Waals surface area (Å²) >= 11 is 0. The third-order valence-electron chi connectivity index (χ3n) is 4.38. The van der Waals surface area contributed by atoms with Gasteiger partial charge in [0.05, 0.1) is 18.8 Å². The van der Waals surface area contributed by atoms with Gasteiger partial charge in [-0.2, -0.15) is 0 Å². The van der Waals surface area contributed by atoms with E-state index in [9.17, 15) is 10.2 Å². The summed E-state index contributed by atoms with van der Waals surface area (Å²) in [5.74, 6) is 0. The highest BCUT2D eigenvalue weighted by molar-refractivity contribution is 4.91. The van der Waals surface area contributed by atoms with Crippen LogP contribution in [0.1, 0.15) is 64.7 Å². The van der Waals surface area contributed by atoms with Crippen molar-refractivity contribution in [1.82, 2.24) is 4.90 Å². The predicted octanol–water partition coefficient (Wildman–Crippen LogP) is 2.55. The fraction of sp³-hybridized carbons (Fsp3) is 1.00. The molecule has 1 heterocycles. The van der Waals surface area contributed by atoms with Crippen LogP contribution in [-0.2, 0) is 0 Å². The molecule has 3 heteroatoms. The Bertz CT molecular complexity index is 211. The Balaban J connectivity index is 2.06. The Morgan fingerprint density at radius 1 is 1.06 bits per heavy atom. The number of aliphatic hydroxyl groups excluding tert-OH is 2. The Hall–Kier alpha value is -0.120. The first kappa shape index (κ1) is 15.9. The molecule has 1 saturated heterocycles. The highest BCUT2D eigenvalue weighted by atomic mass is 16.3. The van der Waals surface area contributed by atoms with Crippen molar-refractivity contribution >= 4 is 0 Å². The molecule has 0 aliphatic carbocycles. The summed E-state index contributed by atoms with van der Waals surface area (Å²) < 4.78 is 0. The fourth-order valence-electron chi connectivity index (χ4n) is 3.05. The van der Waals surface area contributed by atoms with Gasteiger partial charge in [0.15, 0.2) is 0 Å². The van der Waals surface area contributed by atoms with E-state index in [0.717, 1.165) is 12.8 Å². The topological polar surface area (TPSA) is 43.7 Å². The molecule has 3 nitrogen and oxygen atoms in total. The van der Waals surface area contributed by atoms with Crippen molar-refractivity contribution in [2.45, 2.75) is 82.9 Å². The highest BCUT2D eigenvalue weighted by Gasteiger charge is 2.36. The number of rotatable bonds is 9. The molecule has 0 amide bonds. The highest BCUT2D eigenvalue weighted by Crippen LogP contribution is 2.26. The minimum atomic E-state index is -0.338. The maximum atomic E-state index is 9.83. The van der Waals surface area contributed by atoms with Crippen molar-refractivity contribution in [3.05, 3.63) is 0 Å². The van der Waals surface area contributed by atoms with Gasteiger partial charge in [-0.25, -0.2) is 0 Å². The summed E-state index contributed by atoms with van der Waals surface area (Å²) in [5.41, 5.74) is 0. The van der Waals surface area contributed by atoms with Gasteiger partial charge >= 0.3 is 0 Å². The van der Waals surface area contributed by atoms with Gasteiger partial charge in [0.2, 0.25) is 0 Å². The summed E-state index contributed by atoms with van der Waals surface area (Å²) in [6.07, 6.45) is 11.0. The molecule has 0 spiro atoms. The van der Waals surface area contributed by atoms with Crippen molar-refractivity contribution < 1.29 is 10.2 Å². The summed E-state index contributed by atoms with van der Waals surface area (Å²) in [5, 5.41) is 19.0. The van der Waals surface area contributed by atoms with E-state index in [0.29, 0.717) is 6.04 Å². The zero-order chi connectivity index (χ0) is 13.4. The third kappa shape index (κ3) is 4.87. The molecular weight excluding hydrogens is 226 g/mol. The van der Waals surface area contributed by atoms with Crippen LogP contribution in [0.5, 0.6) is 0 Å². The number of unbranched alkanes of at least 4 members (excludes halogenated alkanes) is 6. The summed E-state index contributed by atoms with van der Waals surface area (Å²) in [7, 11) is 2.03. The van der Waals surface area contributed by atoms with E-state index < -0.39 is 0 Å². The van der Waals surface area contributed by atoms with Crippen molar-refractivity contribution in [3.63, 3.8) is 0 Å². The lowest BCUT2D eigenvalue weighted by Gasteiger charge is -2.24. The molecule has 108 valence electrons. The number of aliphatic hydroxyl groups is 2. The molecule has 0 saturated carbocycles. The summed E-state index contributed by atoms with van der Waals surface area (Å²) in [6, 6.07) is 0.423. The van der Waals surface area contributed by atoms with Gasteiger partial charge in [-0.15, -0.1) is 0 Å². The molecule has 1 fully saturated rings. The predicted molar refractivity (Wildman–Crippen MR) is 75.7 cm³/mol. The van der Waals surface area contributed by atoms with Gasteiger partial charge < -0.3 is 10.2 Å². The lowest BCUT2D eigenvalue weighted by Crippen LogP contribution is -2.38. The Morgan fingerprint density at radius 2 is 1.67 bits per heavy atom. The number of nitrogens with zero attached hydrogens (tertiary/aromatic N) is 1. The second-order valence-electron chi connectivity index (χ2n) is 5.78. The van der Waals surface area contributed by atoms with E-state index in [1.54, 1.807) is 0 Å². The molecule has 1 aliphatic rings. The first-order valence-electron chi connectivity index (χ1n) is 7.71. The maximum Gasteiger partial charge on any atom is 0.0732 e. The Morgan fingerprint density at radius 3 is 2.22 bits per heavy atom. The molecule has 2 N–H and O–H groups in total. The lowest BCUT2D eigenvalue weighted by molar-refractivity contribution is 0.0768. The quantitative estimate of drug-likeness (QED) is 0.624. The van der Waals surface area contributed by atoms with Crippen LogP contribution in [0.3, 0.4) is 0 Å². The number of likely N-dealkylation sites (tertiary alicyclic amines) is 1. The fourth-order valence-corrected chi connectivity index (χ4v) is 3.05. The Labute approximate surface area is 112 Å². The van der Waals surface area contributed by atoms with E-state index in [-0.39, 0.29) is 18.8 Å². The first-order valence-corrected chi connectivity index (χ1v) is 7.71. The average Bonchev–Trinajstić information content (AvgIpc) is 2.63. The van der Waals surface area contributed by atoms with Crippen LogP contribution in [0, 0.1) is 0 Å². The van der Waals surface area contributed by atoms with Crippen LogP contribution in [0.4, 0.5) is 0 Å². The number of hydrogen-bond donors (Lipinski definition) is 2. The molecule has 1 aliphatic heterocycles. The van der Waals surface area contributed by atoms with Gasteiger partial charge in [-0.05, 0) is 19.9 Å². The second kappa shape index (κ2) is 8.89. The SMILES string of the molecule is CCCCCCCCC[C@@H]1C[C@H](O)[C@H](CO)N1C. The molecule has 0 aromatic carbocycles. The van der Waals surface area contributed by atoms with Crippen molar-refractivity contribution in [3.8, 4) is 0 Å². The normalized spacial score (nSPS) is 29.0. The summed E-state index contributed by atoms with van der Waals surface area (Å²) in [4.78, 5) is 2.17. The van der Waals surface area contributed by atoms with Crippen LogP contribution in [0.15, 0.2) is 0 Å². The van der Waals surface area contributed by atoms with Crippen LogP contribution >= 0.6 is 0 Å². The van der Waals surface area contributed by atoms with Gasteiger partial charge in [0.25, 0.3) is 0 Å². The monoisotopic (exact) mass is 257 g/mol. The molecule has 0 aromatic heterocycles. The zero-order valence-corrected chi connectivity index (χ0v) is 12.1. The van der Waals surface area contributed by atoms with E-state index in [4.69, 9.17) is 0 Å². The van der Waals surface area contributed by atoms with Gasteiger partial charge in [0.1, 0.15) is 0 Å². The molecule has 0 unspecified atom stereocenters. The minimum absolute atomic E-state index is 0.0421. The zero-order valence-electron chi connectivity index (χ0n) is 12.1. The van der Waals surface area contributed by atoms with Gasteiger partial charge in [-0.1, -0.05) is 51.9 Å². The largest absolute Gasteiger partial charge is 0.395 e. The molecular formula is C15H31NO2. The molecule has 0 radical (unpaired) electrons. The lowest BCUT2D eigenvalue weighted by atomic mass is 10.0. The molecule has 1 rings (SSSR count). The summed E-state index contributed by atoms with van der Waals surface area (Å²) in [6.45, 7) is 2.32. The standard InChI is InChI=1S/C15H31NO2/c1-3-4-5-6-7-8-9-10-13-11-15(18)14(12-17)16(13)2/h13-15,17-18H,3-12H2,1-2H3/t13-,14+,15+/m1/s1. The molecule has 0 aromatic rings. The van der Waals surface area contributed by atoms with Crippen LogP contribution in [0.2, 0.25) is 0 Å². The van der Waals surface area contributed by atoms with E-state index in [1.807, 2.05) is 7.05 Å². The second-order valence-corrected chi connectivity index (χ2v) is 5.78. The molecule has 0 bridgehead atoms. The number of hydrogen-bond acceptors (Lipinski definition) is 3. The van der Waals surface area contributed by atoms with Crippen molar-refractivity contribution in [1.29, 1.82) is 0 Å². The van der Waals surface area contributed by atoms with E-state index in [2.05, 4.69) is 11.8 Å². The smallest absolute Gasteiger partial charge is 0.0732 e. The van der Waals surface area contributed by atoms with Crippen LogP contribution in [-0.4, -0.2) is 47.0 Å². The average molecular weight is 257 g/mol. The molecule has 18 heavy (non-hydrogen) atoms. The van der Waals surface area contributed by atoms with E-state index in [1.165, 1.54) is 44.9 Å². The van der Waals surface area contributed by atoms with Gasteiger partial charge in [-0.3, -0.25) is 4.90 Å². The van der Waals surface area contributed by atoms with Crippen molar-refractivity contribution in [2.75, 3.05) is 13.7 Å². The maximum absolute atomic E-state index is 9.83. The van der Waals surface area contributed by atoms with Gasteiger partial charge in [0, 0.05) is 6.04 Å². The van der Waals surface area contributed by atoms with Crippen molar-refractivity contribution in [2.24, 2.45) is 0 Å². The third-order valence-corrected chi connectivity index (χ3v) is 4.38.